The zero-order chi connectivity index (χ0) is 32.3. The van der Waals surface area contributed by atoms with Crippen LogP contribution in [0.1, 0.15) is 127 Å². The number of fused-ring (bicyclic) bond motifs is 2. The normalized spacial score (nSPS) is 18.0. The van der Waals surface area contributed by atoms with Gasteiger partial charge in [-0.3, -0.25) is 0 Å². The Bertz CT molecular complexity index is 1640. The van der Waals surface area contributed by atoms with Crippen LogP contribution in [-0.2, 0) is 10.8 Å². The Morgan fingerprint density at radius 1 is 0.467 bits per heavy atom. The van der Waals surface area contributed by atoms with Crippen LogP contribution < -0.4 is 0 Å². The van der Waals surface area contributed by atoms with E-state index in [-0.39, 0.29) is 16.2 Å². The summed E-state index contributed by atoms with van der Waals surface area (Å²) in [7, 11) is 0. The van der Waals surface area contributed by atoms with E-state index >= 15 is 0 Å². The minimum Gasteiger partial charge on any atom is -0.0618 e. The van der Waals surface area contributed by atoms with Crippen LogP contribution in [-0.4, -0.2) is 0 Å². The summed E-state index contributed by atoms with van der Waals surface area (Å²) in [5, 5.41) is 0. The van der Waals surface area contributed by atoms with Gasteiger partial charge in [0.1, 0.15) is 0 Å². The zero-order valence-electron chi connectivity index (χ0n) is 29.3. The van der Waals surface area contributed by atoms with Crippen molar-refractivity contribution >= 4 is 12.2 Å². The molecule has 232 valence electrons. The van der Waals surface area contributed by atoms with E-state index in [1.54, 1.807) is 11.1 Å². The van der Waals surface area contributed by atoms with Gasteiger partial charge in [-0.1, -0.05) is 177 Å². The predicted molar refractivity (Wildman–Crippen MR) is 197 cm³/mol. The molecule has 0 saturated carbocycles. The summed E-state index contributed by atoms with van der Waals surface area (Å²) in [6, 6.07) is 32.6. The monoisotopic (exact) mass is 592 g/mol. The summed E-state index contributed by atoms with van der Waals surface area (Å²) in [4.78, 5) is 0. The quantitative estimate of drug-likeness (QED) is 0.209. The van der Waals surface area contributed by atoms with Crippen LogP contribution in [0.3, 0.4) is 0 Å². The van der Waals surface area contributed by atoms with Crippen LogP contribution in [0.4, 0.5) is 0 Å². The van der Waals surface area contributed by atoms with Crippen LogP contribution in [0.15, 0.2) is 96.1 Å². The van der Waals surface area contributed by atoms with Crippen LogP contribution in [0.25, 0.3) is 34.4 Å². The fourth-order valence-corrected chi connectivity index (χ4v) is 8.27. The Hall–Kier alpha value is -3.64. The van der Waals surface area contributed by atoms with Gasteiger partial charge in [0.2, 0.25) is 0 Å². The maximum Gasteiger partial charge on any atom is 0.0118 e. The highest BCUT2D eigenvalue weighted by molar-refractivity contribution is 5.84. The highest BCUT2D eigenvalue weighted by Gasteiger charge is 2.46. The molecule has 0 spiro atoms. The molecule has 0 bridgehead atoms. The van der Waals surface area contributed by atoms with Crippen LogP contribution in [0.2, 0.25) is 0 Å². The summed E-state index contributed by atoms with van der Waals surface area (Å²) in [5.41, 5.74) is 17.4. The summed E-state index contributed by atoms with van der Waals surface area (Å²) >= 11 is 0. The first-order chi connectivity index (χ1) is 21.3. The minimum atomic E-state index is 0.00359. The van der Waals surface area contributed by atoms with Crippen LogP contribution in [0, 0.1) is 5.41 Å². The van der Waals surface area contributed by atoms with Gasteiger partial charge in [-0.25, -0.2) is 0 Å². The molecule has 0 fully saturated rings. The smallest absolute Gasteiger partial charge is 0.0118 e. The molecule has 2 atom stereocenters. The van der Waals surface area contributed by atoms with Crippen molar-refractivity contribution in [2.45, 2.75) is 105 Å². The third kappa shape index (κ3) is 5.45. The Morgan fingerprint density at radius 3 is 1.13 bits per heavy atom. The second kappa shape index (κ2) is 11.3. The molecule has 45 heavy (non-hydrogen) atoms. The SMILES string of the molecule is CCC1=Cc2c(-c3ccc(C(C)(C)C)cc3)cccc2C1C(C)(C)C1C(CC)=Cc2c(-c3ccc(C(C)(C)C)cc3)cccc21. The molecular weight excluding hydrogens is 540 g/mol. The molecule has 0 nitrogen and oxygen atoms in total. The number of benzene rings is 4. The topological polar surface area (TPSA) is 0 Å². The van der Waals surface area contributed by atoms with Crippen molar-refractivity contribution in [3.8, 4) is 22.3 Å². The molecule has 0 aromatic heterocycles. The van der Waals surface area contributed by atoms with Gasteiger partial charge in [0.25, 0.3) is 0 Å². The van der Waals surface area contributed by atoms with Crippen molar-refractivity contribution in [3.63, 3.8) is 0 Å². The lowest BCUT2D eigenvalue weighted by atomic mass is 9.61. The molecule has 0 N–H and O–H groups in total. The second-order valence-corrected chi connectivity index (χ2v) is 16.1. The molecule has 2 unspecified atom stereocenters. The molecule has 4 aromatic rings. The van der Waals surface area contributed by atoms with Gasteiger partial charge in [-0.2, -0.15) is 0 Å². The summed E-state index contributed by atoms with van der Waals surface area (Å²) in [5.74, 6) is 0.735. The Labute approximate surface area is 273 Å². The molecule has 0 heterocycles. The van der Waals surface area contributed by atoms with Crippen LogP contribution in [0.5, 0.6) is 0 Å². The molecule has 0 aliphatic heterocycles. The molecule has 0 amide bonds. The molecule has 6 rings (SSSR count). The average Bonchev–Trinajstić information content (AvgIpc) is 3.60. The Morgan fingerprint density at radius 2 is 0.822 bits per heavy atom. The second-order valence-electron chi connectivity index (χ2n) is 16.1. The Kier molecular flexibility index (Phi) is 7.88. The maximum atomic E-state index is 2.54. The van der Waals surface area contributed by atoms with E-state index in [2.05, 4.69) is 166 Å². The van der Waals surface area contributed by atoms with Crippen molar-refractivity contribution in [1.82, 2.24) is 0 Å². The number of hydrogen-bond donors (Lipinski definition) is 0. The van der Waals surface area contributed by atoms with E-state index in [4.69, 9.17) is 0 Å². The molecule has 0 saturated heterocycles. The predicted octanol–water partition coefficient (Wildman–Crippen LogP) is 13.1. The van der Waals surface area contributed by atoms with Gasteiger partial charge >= 0.3 is 0 Å². The molecule has 0 radical (unpaired) electrons. The Balaban J connectivity index is 1.42. The first-order valence-corrected chi connectivity index (χ1v) is 17.1. The van der Waals surface area contributed by atoms with Gasteiger partial charge in [0.05, 0.1) is 0 Å². The van der Waals surface area contributed by atoms with Crippen molar-refractivity contribution in [2.75, 3.05) is 0 Å². The third-order valence-electron chi connectivity index (χ3n) is 10.7. The molecule has 2 aliphatic carbocycles. The summed E-state index contributed by atoms with van der Waals surface area (Å²) in [6.07, 6.45) is 7.20. The fourth-order valence-electron chi connectivity index (χ4n) is 8.27. The fraction of sp³-hybridized carbons (Fsp3) is 0.378. The van der Waals surface area contributed by atoms with Gasteiger partial charge in [-0.15, -0.1) is 0 Å². The van der Waals surface area contributed by atoms with E-state index in [0.29, 0.717) is 11.8 Å². The summed E-state index contributed by atoms with van der Waals surface area (Å²) in [6.45, 7) is 23.5. The highest BCUT2D eigenvalue weighted by Crippen LogP contribution is 2.60. The highest BCUT2D eigenvalue weighted by atomic mass is 14.5. The van der Waals surface area contributed by atoms with Crippen molar-refractivity contribution in [2.24, 2.45) is 5.41 Å². The lowest BCUT2D eigenvalue weighted by Gasteiger charge is -2.42. The van der Waals surface area contributed by atoms with E-state index in [9.17, 15) is 0 Å². The van der Waals surface area contributed by atoms with E-state index in [1.807, 2.05) is 0 Å². The largest absolute Gasteiger partial charge is 0.0618 e. The number of allylic oxidation sites excluding steroid dienone is 2. The molecule has 2 aliphatic rings. The first-order valence-electron chi connectivity index (χ1n) is 17.1. The maximum absolute atomic E-state index is 2.54. The minimum absolute atomic E-state index is 0.00359. The van der Waals surface area contributed by atoms with Crippen LogP contribution >= 0.6 is 0 Å². The molecule has 0 heteroatoms. The van der Waals surface area contributed by atoms with E-state index in [1.165, 1.54) is 55.6 Å². The standard InChI is InChI=1S/C45H52/c1-11-29-27-39-35(31-19-23-33(24-20-31)43(3,4)5)15-13-17-37(39)41(29)45(9,10)42-30(12-2)28-40-36(16-14-18-38(40)42)32-21-25-34(26-22-32)44(6,7)8/h13-28,41-42H,11-12H2,1-10H3. The van der Waals surface area contributed by atoms with Crippen molar-refractivity contribution in [1.29, 1.82) is 0 Å². The molecular formula is C45H52. The van der Waals surface area contributed by atoms with Gasteiger partial charge in [-0.05, 0) is 84.7 Å². The lowest BCUT2D eigenvalue weighted by Crippen LogP contribution is -2.30. The van der Waals surface area contributed by atoms with E-state index < -0.39 is 0 Å². The number of hydrogen-bond acceptors (Lipinski definition) is 0. The first kappa shape index (κ1) is 31.3. The van der Waals surface area contributed by atoms with Crippen molar-refractivity contribution < 1.29 is 0 Å². The summed E-state index contributed by atoms with van der Waals surface area (Å²) < 4.78 is 0. The lowest BCUT2D eigenvalue weighted by molar-refractivity contribution is 0.269. The third-order valence-corrected chi connectivity index (χ3v) is 10.7. The average molecular weight is 593 g/mol. The zero-order valence-corrected chi connectivity index (χ0v) is 29.3. The van der Waals surface area contributed by atoms with Gasteiger partial charge in [0.15, 0.2) is 0 Å². The number of rotatable bonds is 6. The van der Waals surface area contributed by atoms with E-state index in [0.717, 1.165) is 12.8 Å². The molecule has 4 aromatic carbocycles. The van der Waals surface area contributed by atoms with Gasteiger partial charge < -0.3 is 0 Å². The van der Waals surface area contributed by atoms with Gasteiger partial charge in [0, 0.05) is 11.8 Å². The van der Waals surface area contributed by atoms with Crippen molar-refractivity contribution in [3.05, 3.63) is 129 Å².